The summed E-state index contributed by atoms with van der Waals surface area (Å²) in [5, 5.41) is 0. The van der Waals surface area contributed by atoms with E-state index in [2.05, 4.69) is 15.9 Å². The second-order valence-electron chi connectivity index (χ2n) is 4.82. The molecule has 84 valence electrons. The molecule has 16 heavy (non-hydrogen) atoms. The molecule has 0 spiro atoms. The molecule has 2 aliphatic rings. The Hall–Kier alpha value is -0.830. The number of carbonyl (C=O) groups is 1. The van der Waals surface area contributed by atoms with Gasteiger partial charge in [0.1, 0.15) is 0 Å². The summed E-state index contributed by atoms with van der Waals surface area (Å²) >= 11 is 3.48. The van der Waals surface area contributed by atoms with Crippen molar-refractivity contribution < 1.29 is 4.79 Å². The number of likely N-dealkylation sites (tertiary alicyclic amines) is 1. The van der Waals surface area contributed by atoms with E-state index in [1.54, 1.807) is 0 Å². The number of amides is 1. The molecule has 2 nitrogen and oxygen atoms in total. The average Bonchev–Trinajstić information content (AvgIpc) is 2.89. The van der Waals surface area contributed by atoms with Crippen LogP contribution in [0.15, 0.2) is 28.7 Å². The van der Waals surface area contributed by atoms with E-state index < -0.39 is 0 Å². The lowest BCUT2D eigenvalue weighted by atomic mass is 10.1. The first-order valence-electron chi connectivity index (χ1n) is 5.75. The highest BCUT2D eigenvalue weighted by Crippen LogP contribution is 2.44. The summed E-state index contributed by atoms with van der Waals surface area (Å²) in [5.74, 6) is 1.92. The smallest absolute Gasteiger partial charge is 0.227 e. The number of rotatable bonds is 2. The molecule has 0 N–H and O–H groups in total. The molecule has 1 aliphatic heterocycles. The van der Waals surface area contributed by atoms with Crippen molar-refractivity contribution in [3.05, 3.63) is 34.3 Å². The summed E-state index contributed by atoms with van der Waals surface area (Å²) in [6, 6.07) is 7.96. The fourth-order valence-corrected chi connectivity index (χ4v) is 2.94. The van der Waals surface area contributed by atoms with Gasteiger partial charge in [-0.15, -0.1) is 0 Å². The van der Waals surface area contributed by atoms with Gasteiger partial charge in [0.15, 0.2) is 0 Å². The van der Waals surface area contributed by atoms with Crippen molar-refractivity contribution in [2.24, 2.45) is 11.8 Å². The molecule has 1 saturated heterocycles. The zero-order valence-corrected chi connectivity index (χ0v) is 10.6. The van der Waals surface area contributed by atoms with Crippen LogP contribution in [0.25, 0.3) is 0 Å². The molecular formula is C13H14BrNO. The fourth-order valence-electron chi connectivity index (χ4n) is 2.52. The molecule has 1 heterocycles. The van der Waals surface area contributed by atoms with Crippen LogP contribution in [0, 0.1) is 11.8 Å². The van der Waals surface area contributed by atoms with Crippen LogP contribution in [0.2, 0.25) is 0 Å². The van der Waals surface area contributed by atoms with Crippen molar-refractivity contribution in [1.82, 2.24) is 4.90 Å². The lowest BCUT2D eigenvalue weighted by molar-refractivity contribution is -0.129. The van der Waals surface area contributed by atoms with E-state index in [1.165, 1.54) is 6.42 Å². The van der Waals surface area contributed by atoms with Gasteiger partial charge in [-0.3, -0.25) is 4.79 Å². The van der Waals surface area contributed by atoms with Gasteiger partial charge in [0, 0.05) is 17.6 Å². The molecule has 2 fully saturated rings. The predicted molar refractivity (Wildman–Crippen MR) is 66.0 cm³/mol. The van der Waals surface area contributed by atoms with Gasteiger partial charge in [-0.1, -0.05) is 34.1 Å². The third kappa shape index (κ3) is 1.88. The average molecular weight is 280 g/mol. The number of hydrogen-bond acceptors (Lipinski definition) is 1. The molecule has 3 rings (SSSR count). The Morgan fingerprint density at radius 1 is 1.31 bits per heavy atom. The minimum atomic E-state index is 0.277. The molecule has 1 saturated carbocycles. The summed E-state index contributed by atoms with van der Waals surface area (Å²) in [5.41, 5.74) is 1.09. The third-order valence-corrected chi connectivity index (χ3v) is 4.40. The molecule has 2 atom stereocenters. The van der Waals surface area contributed by atoms with Crippen molar-refractivity contribution in [3.8, 4) is 0 Å². The van der Waals surface area contributed by atoms with E-state index in [-0.39, 0.29) is 5.91 Å². The van der Waals surface area contributed by atoms with Crippen molar-refractivity contribution >= 4 is 21.8 Å². The van der Waals surface area contributed by atoms with Gasteiger partial charge < -0.3 is 4.90 Å². The predicted octanol–water partition coefficient (Wildman–Crippen LogP) is 2.47. The second-order valence-corrected chi connectivity index (χ2v) is 5.68. The van der Waals surface area contributed by atoms with Crippen LogP contribution < -0.4 is 0 Å². The standard InChI is InChI=1S/C13H14BrNO/c14-12-4-2-1-3-9(12)6-13(16)15-7-10-5-11(10)8-15/h1-4,10-11H,5-8H2. The quantitative estimate of drug-likeness (QED) is 0.815. The van der Waals surface area contributed by atoms with E-state index in [9.17, 15) is 4.79 Å². The molecule has 1 aromatic rings. The Bertz CT molecular complexity index is 422. The lowest BCUT2D eigenvalue weighted by Crippen LogP contribution is -2.31. The van der Waals surface area contributed by atoms with Crippen LogP contribution in [0.4, 0.5) is 0 Å². The highest BCUT2D eigenvalue weighted by Gasteiger charge is 2.46. The monoisotopic (exact) mass is 279 g/mol. The van der Waals surface area contributed by atoms with E-state index in [4.69, 9.17) is 0 Å². The number of piperidine rings is 1. The van der Waals surface area contributed by atoms with E-state index in [0.717, 1.165) is 35.0 Å². The molecule has 1 aromatic carbocycles. The molecule has 1 aliphatic carbocycles. The minimum absolute atomic E-state index is 0.277. The van der Waals surface area contributed by atoms with Crippen molar-refractivity contribution in [1.29, 1.82) is 0 Å². The first kappa shape index (κ1) is 10.3. The summed E-state index contributed by atoms with van der Waals surface area (Å²) in [4.78, 5) is 14.1. The van der Waals surface area contributed by atoms with Gasteiger partial charge in [0.25, 0.3) is 0 Å². The number of halogens is 1. The third-order valence-electron chi connectivity index (χ3n) is 3.63. The van der Waals surface area contributed by atoms with Crippen molar-refractivity contribution in [2.75, 3.05) is 13.1 Å². The minimum Gasteiger partial charge on any atom is -0.342 e. The maximum atomic E-state index is 12.0. The van der Waals surface area contributed by atoms with E-state index in [1.807, 2.05) is 29.2 Å². The zero-order chi connectivity index (χ0) is 11.1. The Balaban J connectivity index is 1.66. The first-order valence-corrected chi connectivity index (χ1v) is 6.54. The van der Waals surface area contributed by atoms with Gasteiger partial charge in [0.2, 0.25) is 5.91 Å². The Labute approximate surface area is 104 Å². The van der Waals surface area contributed by atoms with Crippen LogP contribution in [-0.2, 0) is 11.2 Å². The van der Waals surface area contributed by atoms with Crippen molar-refractivity contribution in [3.63, 3.8) is 0 Å². The number of nitrogens with zero attached hydrogens (tertiary/aromatic N) is 1. The summed E-state index contributed by atoms with van der Waals surface area (Å²) in [6.45, 7) is 1.99. The molecule has 1 amide bonds. The van der Waals surface area contributed by atoms with Crippen LogP contribution in [0.5, 0.6) is 0 Å². The fraction of sp³-hybridized carbons (Fsp3) is 0.462. The highest BCUT2D eigenvalue weighted by atomic mass is 79.9. The topological polar surface area (TPSA) is 20.3 Å². The summed E-state index contributed by atoms with van der Waals surface area (Å²) < 4.78 is 1.03. The first-order chi connectivity index (χ1) is 7.74. The summed E-state index contributed by atoms with van der Waals surface area (Å²) in [6.07, 6.45) is 1.87. The summed E-state index contributed by atoms with van der Waals surface area (Å²) in [7, 11) is 0. The number of benzene rings is 1. The van der Waals surface area contributed by atoms with Gasteiger partial charge in [-0.2, -0.15) is 0 Å². The lowest BCUT2D eigenvalue weighted by Gasteiger charge is -2.18. The van der Waals surface area contributed by atoms with Crippen LogP contribution in [-0.4, -0.2) is 23.9 Å². The maximum Gasteiger partial charge on any atom is 0.227 e. The van der Waals surface area contributed by atoms with Crippen LogP contribution in [0.1, 0.15) is 12.0 Å². The zero-order valence-electron chi connectivity index (χ0n) is 9.03. The van der Waals surface area contributed by atoms with Crippen LogP contribution >= 0.6 is 15.9 Å². The maximum absolute atomic E-state index is 12.0. The van der Waals surface area contributed by atoms with Gasteiger partial charge in [0.05, 0.1) is 6.42 Å². The molecular weight excluding hydrogens is 266 g/mol. The molecule has 2 unspecified atom stereocenters. The van der Waals surface area contributed by atoms with E-state index in [0.29, 0.717) is 6.42 Å². The molecule has 3 heteroatoms. The Morgan fingerprint density at radius 2 is 2.00 bits per heavy atom. The largest absolute Gasteiger partial charge is 0.342 e. The van der Waals surface area contributed by atoms with Gasteiger partial charge in [-0.25, -0.2) is 0 Å². The SMILES string of the molecule is O=C(Cc1ccccc1Br)N1CC2CC2C1. The number of carbonyl (C=O) groups excluding carboxylic acids is 1. The van der Waals surface area contributed by atoms with Gasteiger partial charge in [-0.05, 0) is 29.9 Å². The van der Waals surface area contributed by atoms with E-state index >= 15 is 0 Å². The molecule has 0 bridgehead atoms. The Morgan fingerprint density at radius 3 is 2.69 bits per heavy atom. The Kier molecular flexibility index (Phi) is 2.51. The number of hydrogen-bond donors (Lipinski definition) is 0. The van der Waals surface area contributed by atoms with Crippen LogP contribution in [0.3, 0.4) is 0 Å². The normalized spacial score (nSPS) is 26.7. The van der Waals surface area contributed by atoms with Gasteiger partial charge >= 0.3 is 0 Å². The highest BCUT2D eigenvalue weighted by molar-refractivity contribution is 9.10. The molecule has 0 aromatic heterocycles. The second kappa shape index (κ2) is 3.88. The van der Waals surface area contributed by atoms with Crippen molar-refractivity contribution in [2.45, 2.75) is 12.8 Å². The number of fused-ring (bicyclic) bond motifs is 1. The molecule has 0 radical (unpaired) electrons.